The maximum absolute atomic E-state index is 9.65. The minimum atomic E-state index is -0.0545. The summed E-state index contributed by atoms with van der Waals surface area (Å²) in [7, 11) is 0. The smallest absolute Gasteiger partial charge is 0.124 e. The molecule has 1 rings (SSSR count). The van der Waals surface area contributed by atoms with E-state index in [-0.39, 0.29) is 17.5 Å². The van der Waals surface area contributed by atoms with Crippen molar-refractivity contribution in [3.8, 4) is 11.5 Å². The molecule has 1 aromatic carbocycles. The van der Waals surface area contributed by atoms with Crippen LogP contribution in [0.15, 0.2) is 18.2 Å². The van der Waals surface area contributed by atoms with Gasteiger partial charge >= 0.3 is 0 Å². The first-order valence-electron chi connectivity index (χ1n) is 5.33. The van der Waals surface area contributed by atoms with E-state index in [9.17, 15) is 10.2 Å². The highest BCUT2D eigenvalue weighted by Crippen LogP contribution is 2.32. The molecule has 1 aromatic rings. The number of hydrogen-bond acceptors (Lipinski definition) is 3. The molecule has 0 aromatic heterocycles. The zero-order valence-electron chi connectivity index (χ0n) is 9.49. The molecule has 3 N–H and O–H groups in total. The van der Waals surface area contributed by atoms with E-state index in [4.69, 9.17) is 0 Å². The fourth-order valence-electron chi connectivity index (χ4n) is 1.61. The third-order valence-electron chi connectivity index (χ3n) is 2.64. The van der Waals surface area contributed by atoms with Gasteiger partial charge < -0.3 is 15.5 Å². The van der Waals surface area contributed by atoms with E-state index in [1.54, 1.807) is 18.2 Å². The number of nitrogens with one attached hydrogen (secondary N) is 1. The van der Waals surface area contributed by atoms with Gasteiger partial charge in [-0.25, -0.2) is 0 Å². The third kappa shape index (κ3) is 2.86. The predicted octanol–water partition coefficient (Wildman–Crippen LogP) is 2.55. The lowest BCUT2D eigenvalue weighted by atomic mass is 10.0. The molecule has 3 heteroatoms. The number of phenols is 2. The summed E-state index contributed by atoms with van der Waals surface area (Å²) in [6.07, 6.45) is 1.01. The average Bonchev–Trinajstić information content (AvgIpc) is 2.17. The Balaban J connectivity index is 2.86. The van der Waals surface area contributed by atoms with Crippen molar-refractivity contribution in [2.45, 2.75) is 39.3 Å². The summed E-state index contributed by atoms with van der Waals surface area (Å²) in [5.74, 6) is 0.275. The summed E-state index contributed by atoms with van der Waals surface area (Å²) >= 11 is 0. The first-order valence-corrected chi connectivity index (χ1v) is 5.33. The van der Waals surface area contributed by atoms with Crippen LogP contribution in [-0.4, -0.2) is 16.3 Å². The molecule has 2 unspecified atom stereocenters. The lowest BCUT2D eigenvalue weighted by Crippen LogP contribution is -2.28. The van der Waals surface area contributed by atoms with Gasteiger partial charge in [0.2, 0.25) is 0 Å². The third-order valence-corrected chi connectivity index (χ3v) is 2.64. The van der Waals surface area contributed by atoms with Gasteiger partial charge in [-0.3, -0.25) is 0 Å². The van der Waals surface area contributed by atoms with Crippen LogP contribution in [-0.2, 0) is 0 Å². The normalized spacial score (nSPS) is 14.9. The van der Waals surface area contributed by atoms with Crippen LogP contribution in [0.4, 0.5) is 0 Å². The van der Waals surface area contributed by atoms with Crippen LogP contribution in [0.25, 0.3) is 0 Å². The molecule has 15 heavy (non-hydrogen) atoms. The largest absolute Gasteiger partial charge is 0.507 e. The molecule has 0 heterocycles. The maximum atomic E-state index is 9.65. The number of phenolic OH excluding ortho intramolecular Hbond substituents is 2. The van der Waals surface area contributed by atoms with Crippen LogP contribution < -0.4 is 5.32 Å². The number of rotatable bonds is 4. The van der Waals surface area contributed by atoms with Gasteiger partial charge in [-0.15, -0.1) is 0 Å². The number of hydrogen-bond donors (Lipinski definition) is 3. The van der Waals surface area contributed by atoms with Crippen molar-refractivity contribution in [2.24, 2.45) is 0 Å². The first kappa shape index (κ1) is 11.9. The molecule has 0 fully saturated rings. The highest BCUT2D eigenvalue weighted by Gasteiger charge is 2.15. The van der Waals surface area contributed by atoms with Gasteiger partial charge in [0.1, 0.15) is 11.5 Å². The summed E-state index contributed by atoms with van der Waals surface area (Å²) in [5.41, 5.74) is 0.567. The second-order valence-corrected chi connectivity index (χ2v) is 3.91. The Kier molecular flexibility index (Phi) is 3.97. The van der Waals surface area contributed by atoms with E-state index >= 15 is 0 Å². The summed E-state index contributed by atoms with van der Waals surface area (Å²) in [6.45, 7) is 6.10. The van der Waals surface area contributed by atoms with Crippen molar-refractivity contribution in [2.75, 3.05) is 0 Å². The summed E-state index contributed by atoms with van der Waals surface area (Å²) in [4.78, 5) is 0. The van der Waals surface area contributed by atoms with E-state index in [0.717, 1.165) is 6.42 Å². The minimum Gasteiger partial charge on any atom is -0.507 e. The van der Waals surface area contributed by atoms with Gasteiger partial charge in [0.05, 0.1) is 5.56 Å². The monoisotopic (exact) mass is 209 g/mol. The van der Waals surface area contributed by atoms with E-state index in [1.165, 1.54) is 0 Å². The molecule has 84 valence electrons. The topological polar surface area (TPSA) is 52.5 Å². The van der Waals surface area contributed by atoms with Crippen LogP contribution in [0.3, 0.4) is 0 Å². The quantitative estimate of drug-likeness (QED) is 0.714. The highest BCUT2D eigenvalue weighted by atomic mass is 16.3. The first-order chi connectivity index (χ1) is 7.06. The van der Waals surface area contributed by atoms with Crippen LogP contribution in [0.5, 0.6) is 11.5 Å². The van der Waals surface area contributed by atoms with Gasteiger partial charge in [0, 0.05) is 12.1 Å². The van der Waals surface area contributed by atoms with Crippen molar-refractivity contribution in [3.63, 3.8) is 0 Å². The Morgan fingerprint density at radius 2 is 1.73 bits per heavy atom. The van der Waals surface area contributed by atoms with Gasteiger partial charge in [0.25, 0.3) is 0 Å². The van der Waals surface area contributed by atoms with Crippen molar-refractivity contribution in [3.05, 3.63) is 23.8 Å². The molecule has 0 amide bonds. The molecule has 3 nitrogen and oxygen atoms in total. The van der Waals surface area contributed by atoms with E-state index < -0.39 is 0 Å². The Hall–Kier alpha value is -1.22. The molecule has 0 aliphatic rings. The molecule has 0 aliphatic carbocycles. The fraction of sp³-hybridized carbons (Fsp3) is 0.500. The molecule has 0 radical (unpaired) electrons. The summed E-state index contributed by atoms with van der Waals surface area (Å²) in [5, 5.41) is 22.6. The standard InChI is InChI=1S/C12H19NO2/c1-4-8(2)13-9(3)12-10(14)6-5-7-11(12)15/h5-9,13-15H,4H2,1-3H3. The van der Waals surface area contributed by atoms with E-state index in [1.807, 2.05) is 6.92 Å². The summed E-state index contributed by atoms with van der Waals surface area (Å²) in [6, 6.07) is 5.11. The molecule has 0 aliphatic heterocycles. The Morgan fingerprint density at radius 3 is 2.20 bits per heavy atom. The second-order valence-electron chi connectivity index (χ2n) is 3.91. The van der Waals surface area contributed by atoms with Crippen molar-refractivity contribution in [1.29, 1.82) is 0 Å². The van der Waals surface area contributed by atoms with Crippen molar-refractivity contribution in [1.82, 2.24) is 5.32 Å². The van der Waals surface area contributed by atoms with Crippen LogP contribution in [0, 0.1) is 0 Å². The van der Waals surface area contributed by atoms with Gasteiger partial charge in [-0.1, -0.05) is 13.0 Å². The average molecular weight is 209 g/mol. The van der Waals surface area contributed by atoms with Crippen LogP contribution >= 0.6 is 0 Å². The Labute approximate surface area is 90.8 Å². The second kappa shape index (κ2) is 5.03. The number of benzene rings is 1. The molecular weight excluding hydrogens is 190 g/mol. The number of aromatic hydroxyl groups is 2. The molecular formula is C12H19NO2. The molecule has 2 atom stereocenters. The fourth-order valence-corrected chi connectivity index (χ4v) is 1.61. The SMILES string of the molecule is CCC(C)NC(C)c1c(O)cccc1O. The van der Waals surface area contributed by atoms with Gasteiger partial charge in [0.15, 0.2) is 0 Å². The highest BCUT2D eigenvalue weighted by molar-refractivity contribution is 5.44. The zero-order chi connectivity index (χ0) is 11.4. The molecule has 0 bridgehead atoms. The summed E-state index contributed by atoms with van der Waals surface area (Å²) < 4.78 is 0. The molecule has 0 spiro atoms. The Bertz CT molecular complexity index is 305. The van der Waals surface area contributed by atoms with Crippen LogP contribution in [0.2, 0.25) is 0 Å². The van der Waals surface area contributed by atoms with Crippen LogP contribution in [0.1, 0.15) is 38.8 Å². The maximum Gasteiger partial charge on any atom is 0.124 e. The predicted molar refractivity (Wildman–Crippen MR) is 61.1 cm³/mol. The molecule has 0 saturated heterocycles. The van der Waals surface area contributed by atoms with E-state index in [2.05, 4.69) is 19.2 Å². The van der Waals surface area contributed by atoms with Crippen molar-refractivity contribution >= 4 is 0 Å². The minimum absolute atomic E-state index is 0.0545. The zero-order valence-corrected chi connectivity index (χ0v) is 9.49. The lowest BCUT2D eigenvalue weighted by molar-refractivity contribution is 0.402. The van der Waals surface area contributed by atoms with Crippen molar-refractivity contribution < 1.29 is 10.2 Å². The van der Waals surface area contributed by atoms with E-state index in [0.29, 0.717) is 11.6 Å². The molecule has 0 saturated carbocycles. The van der Waals surface area contributed by atoms with Gasteiger partial charge in [-0.05, 0) is 32.4 Å². The lowest BCUT2D eigenvalue weighted by Gasteiger charge is -2.20. The Morgan fingerprint density at radius 1 is 1.20 bits per heavy atom. The van der Waals surface area contributed by atoms with Gasteiger partial charge in [-0.2, -0.15) is 0 Å².